The fourth-order valence-corrected chi connectivity index (χ4v) is 11.2. The van der Waals surface area contributed by atoms with Gasteiger partial charge in [0.15, 0.2) is 6.10 Å². The summed E-state index contributed by atoms with van der Waals surface area (Å²) in [5, 5.41) is 0. The normalized spacial score (nSPS) is 12.1. The van der Waals surface area contributed by atoms with Crippen molar-refractivity contribution in [2.75, 3.05) is 13.2 Å². The molecule has 0 aromatic carbocycles. The van der Waals surface area contributed by atoms with Gasteiger partial charge in [-0.05, 0) is 51.4 Å². The van der Waals surface area contributed by atoms with Crippen molar-refractivity contribution >= 4 is 17.9 Å². The van der Waals surface area contributed by atoms with Crippen LogP contribution in [0.4, 0.5) is 0 Å². The van der Waals surface area contributed by atoms with Crippen LogP contribution in [0.5, 0.6) is 0 Å². The first-order valence-corrected chi connectivity index (χ1v) is 36.3. The Balaban J connectivity index is 4.25. The summed E-state index contributed by atoms with van der Waals surface area (Å²) in [7, 11) is 0. The fourth-order valence-electron chi connectivity index (χ4n) is 11.2. The molecule has 6 nitrogen and oxygen atoms in total. The molecule has 0 fully saturated rings. The van der Waals surface area contributed by atoms with Crippen molar-refractivity contribution < 1.29 is 28.6 Å². The molecule has 1 unspecified atom stereocenters. The lowest BCUT2D eigenvalue weighted by atomic mass is 10.0. The minimum Gasteiger partial charge on any atom is -0.462 e. The predicted molar refractivity (Wildman–Crippen MR) is 349 cm³/mol. The van der Waals surface area contributed by atoms with Crippen molar-refractivity contribution in [2.24, 2.45) is 0 Å². The van der Waals surface area contributed by atoms with Gasteiger partial charge in [0.25, 0.3) is 0 Å². The molecule has 0 saturated carbocycles. The Morgan fingerprint density at radius 1 is 0.250 bits per heavy atom. The quantitative estimate of drug-likeness (QED) is 0.0261. The second kappa shape index (κ2) is 69.4. The van der Waals surface area contributed by atoms with E-state index in [0.717, 1.165) is 70.6 Å². The second-order valence-corrected chi connectivity index (χ2v) is 24.9. The zero-order valence-electron chi connectivity index (χ0n) is 54.4. The van der Waals surface area contributed by atoms with Crippen molar-refractivity contribution in [3.63, 3.8) is 0 Å². The van der Waals surface area contributed by atoms with Crippen molar-refractivity contribution in [3.05, 3.63) is 24.3 Å². The van der Waals surface area contributed by atoms with Gasteiger partial charge in [0, 0.05) is 19.3 Å². The first-order chi connectivity index (χ1) is 39.5. The smallest absolute Gasteiger partial charge is 0.306 e. The summed E-state index contributed by atoms with van der Waals surface area (Å²) in [5.74, 6) is -0.840. The lowest BCUT2D eigenvalue weighted by molar-refractivity contribution is -0.167. The van der Waals surface area contributed by atoms with Crippen LogP contribution in [-0.2, 0) is 28.6 Å². The second-order valence-electron chi connectivity index (χ2n) is 24.9. The Bertz CT molecular complexity index is 1290. The maximum absolute atomic E-state index is 13.0. The number of carbonyl (C=O) groups is 3. The topological polar surface area (TPSA) is 78.9 Å². The summed E-state index contributed by atoms with van der Waals surface area (Å²) in [6, 6.07) is 0. The van der Waals surface area contributed by atoms with Gasteiger partial charge in [0.1, 0.15) is 13.2 Å². The van der Waals surface area contributed by atoms with E-state index in [9.17, 15) is 14.4 Å². The maximum Gasteiger partial charge on any atom is 0.306 e. The summed E-state index contributed by atoms with van der Waals surface area (Å²) in [5.41, 5.74) is 0. The summed E-state index contributed by atoms with van der Waals surface area (Å²) in [4.78, 5) is 38.5. The highest BCUT2D eigenvalue weighted by Gasteiger charge is 2.19. The number of hydrogen-bond donors (Lipinski definition) is 0. The van der Waals surface area contributed by atoms with Crippen LogP contribution >= 0.6 is 0 Å². The van der Waals surface area contributed by atoms with E-state index < -0.39 is 6.10 Å². The van der Waals surface area contributed by atoms with Crippen LogP contribution in [0.1, 0.15) is 412 Å². The van der Waals surface area contributed by atoms with E-state index >= 15 is 0 Å². The molecule has 0 bridgehead atoms. The molecule has 0 amide bonds. The SMILES string of the molecule is CCCCC/C=C\C/C=C\CCCCCCCCCC(=O)OCC(COC(=O)CCCCCCCCCCCCCCCCCCCCCCCCCCCC)OC(=O)CCCCCCCCCCCCCCCCCCCCC. The van der Waals surface area contributed by atoms with Gasteiger partial charge in [-0.25, -0.2) is 0 Å². The Hall–Kier alpha value is -2.11. The average Bonchev–Trinajstić information content (AvgIpc) is 3.46. The molecule has 0 N–H and O–H groups in total. The van der Waals surface area contributed by atoms with Gasteiger partial charge in [-0.2, -0.15) is 0 Å². The van der Waals surface area contributed by atoms with Gasteiger partial charge in [0.2, 0.25) is 0 Å². The highest BCUT2D eigenvalue weighted by molar-refractivity contribution is 5.71. The molecule has 80 heavy (non-hydrogen) atoms. The molecule has 0 heterocycles. The standard InChI is InChI=1S/C74H140O6/c1-4-7-10-13-16-19-22-25-28-31-33-34-35-36-37-38-39-41-43-46-49-52-55-58-61-64-67-73(76)79-70-71(69-78-72(75)66-63-60-57-54-51-48-45-42-30-27-24-21-18-15-12-9-6-3)80-74(77)68-65-62-59-56-53-50-47-44-40-32-29-26-23-20-17-14-11-8-5-2/h18,21,27,30,71H,4-17,19-20,22-26,28-29,31-70H2,1-3H3/b21-18-,30-27-. The Morgan fingerprint density at radius 3 is 0.713 bits per heavy atom. The van der Waals surface area contributed by atoms with Crippen LogP contribution < -0.4 is 0 Å². The van der Waals surface area contributed by atoms with Crippen LogP contribution in [0.15, 0.2) is 24.3 Å². The van der Waals surface area contributed by atoms with Gasteiger partial charge < -0.3 is 14.2 Å². The lowest BCUT2D eigenvalue weighted by Gasteiger charge is -2.18. The van der Waals surface area contributed by atoms with E-state index in [4.69, 9.17) is 14.2 Å². The van der Waals surface area contributed by atoms with Crippen LogP contribution in [-0.4, -0.2) is 37.2 Å². The molecule has 0 radical (unpaired) electrons. The molecular formula is C74H140O6. The maximum atomic E-state index is 13.0. The molecule has 0 aromatic rings. The number of hydrogen-bond acceptors (Lipinski definition) is 6. The highest BCUT2D eigenvalue weighted by atomic mass is 16.6. The third kappa shape index (κ3) is 66.7. The van der Waals surface area contributed by atoms with Crippen LogP contribution in [0.3, 0.4) is 0 Å². The highest BCUT2D eigenvalue weighted by Crippen LogP contribution is 2.19. The minimum absolute atomic E-state index is 0.0670. The van der Waals surface area contributed by atoms with Crippen LogP contribution in [0.2, 0.25) is 0 Å². The fraction of sp³-hybridized carbons (Fsp3) is 0.905. The third-order valence-corrected chi connectivity index (χ3v) is 16.7. The van der Waals surface area contributed by atoms with E-state index in [1.165, 1.54) is 302 Å². The monoisotopic (exact) mass is 1130 g/mol. The van der Waals surface area contributed by atoms with E-state index in [1.54, 1.807) is 0 Å². The largest absolute Gasteiger partial charge is 0.462 e. The number of rotatable bonds is 68. The van der Waals surface area contributed by atoms with Crippen LogP contribution in [0, 0.1) is 0 Å². The summed E-state index contributed by atoms with van der Waals surface area (Å²) >= 11 is 0. The number of ether oxygens (including phenoxy) is 3. The van der Waals surface area contributed by atoms with Crippen molar-refractivity contribution in [1.82, 2.24) is 0 Å². The molecule has 6 heteroatoms. The van der Waals surface area contributed by atoms with E-state index in [1.807, 2.05) is 0 Å². The number of carbonyl (C=O) groups excluding carboxylic acids is 3. The van der Waals surface area contributed by atoms with Gasteiger partial charge in [0.05, 0.1) is 0 Å². The predicted octanol–water partition coefficient (Wildman–Crippen LogP) is 25.0. The first-order valence-electron chi connectivity index (χ1n) is 36.3. The number of unbranched alkanes of at least 4 members (excludes halogenated alkanes) is 53. The molecule has 472 valence electrons. The molecule has 0 spiro atoms. The molecular weight excluding hydrogens is 985 g/mol. The molecule has 1 atom stereocenters. The number of allylic oxidation sites excluding steroid dienone is 4. The Labute approximate surface area is 500 Å². The zero-order valence-corrected chi connectivity index (χ0v) is 54.4. The summed E-state index contributed by atoms with van der Waals surface area (Å²) in [6.45, 7) is 6.70. The molecule has 0 aliphatic heterocycles. The van der Waals surface area contributed by atoms with Crippen molar-refractivity contribution in [2.45, 2.75) is 419 Å². The van der Waals surface area contributed by atoms with Crippen molar-refractivity contribution in [1.29, 1.82) is 0 Å². The summed E-state index contributed by atoms with van der Waals surface area (Å²) < 4.78 is 17.0. The summed E-state index contributed by atoms with van der Waals surface area (Å²) in [6.07, 6.45) is 85.0. The zero-order chi connectivity index (χ0) is 57.8. The van der Waals surface area contributed by atoms with Crippen molar-refractivity contribution in [3.8, 4) is 0 Å². The first kappa shape index (κ1) is 77.9. The number of esters is 3. The average molecular weight is 1130 g/mol. The van der Waals surface area contributed by atoms with Gasteiger partial charge in [-0.15, -0.1) is 0 Å². The van der Waals surface area contributed by atoms with E-state index in [-0.39, 0.29) is 31.1 Å². The lowest BCUT2D eigenvalue weighted by Crippen LogP contribution is -2.30. The van der Waals surface area contributed by atoms with E-state index in [0.29, 0.717) is 19.3 Å². The Kier molecular flexibility index (Phi) is 67.6. The molecule has 0 rings (SSSR count). The third-order valence-electron chi connectivity index (χ3n) is 16.7. The minimum atomic E-state index is -0.772. The molecule has 0 aromatic heterocycles. The van der Waals surface area contributed by atoms with Gasteiger partial charge >= 0.3 is 17.9 Å². The molecule has 0 saturated heterocycles. The van der Waals surface area contributed by atoms with E-state index in [2.05, 4.69) is 45.1 Å². The van der Waals surface area contributed by atoms with Crippen LogP contribution in [0.25, 0.3) is 0 Å². The molecule has 0 aliphatic rings. The Morgan fingerprint density at radius 2 is 0.450 bits per heavy atom. The molecule has 0 aliphatic carbocycles. The van der Waals surface area contributed by atoms with Gasteiger partial charge in [-0.3, -0.25) is 14.4 Å². The van der Waals surface area contributed by atoms with Gasteiger partial charge in [-0.1, -0.05) is 366 Å².